The number of carbonyl (C=O) groups is 1. The van der Waals surface area contributed by atoms with Gasteiger partial charge in [0.05, 0.1) is 12.0 Å². The van der Waals surface area contributed by atoms with Crippen LogP contribution in [0.2, 0.25) is 0 Å². The molecule has 0 unspecified atom stereocenters. The highest BCUT2D eigenvalue weighted by atomic mass is 16.6. The van der Waals surface area contributed by atoms with Crippen LogP contribution in [-0.4, -0.2) is 31.0 Å². The van der Waals surface area contributed by atoms with Crippen LogP contribution in [0.1, 0.15) is 48.0 Å². The van der Waals surface area contributed by atoms with Crippen LogP contribution in [-0.2, 0) is 6.54 Å². The first kappa shape index (κ1) is 20.6. The SMILES string of the molecule is COc1ccc([N+](=O)[O-])c(C(=O)NCc2ccc(N(C)C3CCCCC3)cc2)c1. The summed E-state index contributed by atoms with van der Waals surface area (Å²) in [5.41, 5.74) is 1.84. The number of carbonyl (C=O) groups excluding carboxylic acids is 1. The van der Waals surface area contributed by atoms with Crippen LogP contribution in [0.3, 0.4) is 0 Å². The summed E-state index contributed by atoms with van der Waals surface area (Å²) in [6.45, 7) is 0.292. The molecule has 0 spiro atoms. The molecule has 0 radical (unpaired) electrons. The van der Waals surface area contributed by atoms with Gasteiger partial charge in [-0.05, 0) is 42.7 Å². The molecule has 29 heavy (non-hydrogen) atoms. The fourth-order valence-electron chi connectivity index (χ4n) is 3.79. The van der Waals surface area contributed by atoms with Crippen molar-refractivity contribution in [2.45, 2.75) is 44.7 Å². The summed E-state index contributed by atoms with van der Waals surface area (Å²) in [5, 5.41) is 14.0. The topological polar surface area (TPSA) is 84.7 Å². The van der Waals surface area contributed by atoms with Gasteiger partial charge in [0.1, 0.15) is 11.3 Å². The van der Waals surface area contributed by atoms with E-state index in [1.807, 2.05) is 12.1 Å². The second-order valence-electron chi connectivity index (χ2n) is 7.39. The normalized spacial score (nSPS) is 14.3. The van der Waals surface area contributed by atoms with Gasteiger partial charge in [0.25, 0.3) is 11.6 Å². The van der Waals surface area contributed by atoms with Gasteiger partial charge in [-0.3, -0.25) is 14.9 Å². The van der Waals surface area contributed by atoms with E-state index < -0.39 is 10.8 Å². The zero-order valence-corrected chi connectivity index (χ0v) is 16.9. The van der Waals surface area contributed by atoms with Crippen LogP contribution >= 0.6 is 0 Å². The Morgan fingerprint density at radius 2 is 1.86 bits per heavy atom. The number of methoxy groups -OCH3 is 1. The van der Waals surface area contributed by atoms with Crippen LogP contribution in [0.5, 0.6) is 5.75 Å². The van der Waals surface area contributed by atoms with Crippen LogP contribution < -0.4 is 15.0 Å². The molecule has 0 aliphatic heterocycles. The molecule has 7 heteroatoms. The van der Waals surface area contributed by atoms with Crippen molar-refractivity contribution in [3.8, 4) is 5.75 Å². The van der Waals surface area contributed by atoms with Crippen LogP contribution in [0, 0.1) is 10.1 Å². The van der Waals surface area contributed by atoms with Gasteiger partial charge in [0.15, 0.2) is 0 Å². The average molecular weight is 397 g/mol. The number of benzene rings is 2. The molecule has 1 saturated carbocycles. The summed E-state index contributed by atoms with van der Waals surface area (Å²) in [7, 11) is 3.59. The highest BCUT2D eigenvalue weighted by molar-refractivity contribution is 5.98. The quantitative estimate of drug-likeness (QED) is 0.556. The van der Waals surface area contributed by atoms with Crippen molar-refractivity contribution in [2.24, 2.45) is 0 Å². The number of anilines is 1. The van der Waals surface area contributed by atoms with Gasteiger partial charge in [0, 0.05) is 31.4 Å². The molecule has 7 nitrogen and oxygen atoms in total. The number of amides is 1. The predicted molar refractivity (Wildman–Crippen MR) is 113 cm³/mol. The zero-order chi connectivity index (χ0) is 20.8. The van der Waals surface area contributed by atoms with E-state index in [2.05, 4.69) is 29.4 Å². The van der Waals surface area contributed by atoms with E-state index in [9.17, 15) is 14.9 Å². The standard InChI is InChI=1S/C22H27N3O4/c1-24(17-6-4-3-5-7-17)18-10-8-16(9-11-18)15-23-22(26)20-14-19(29-2)12-13-21(20)25(27)28/h8-14,17H,3-7,15H2,1-2H3,(H,23,26). The molecule has 0 heterocycles. The molecule has 1 aliphatic rings. The minimum atomic E-state index is -0.565. The van der Waals surface area contributed by atoms with Crippen LogP contribution in [0.25, 0.3) is 0 Å². The molecular formula is C22H27N3O4. The highest BCUT2D eigenvalue weighted by Gasteiger charge is 2.21. The van der Waals surface area contributed by atoms with Crippen molar-refractivity contribution < 1.29 is 14.5 Å². The van der Waals surface area contributed by atoms with Crippen LogP contribution in [0.4, 0.5) is 11.4 Å². The molecule has 0 bridgehead atoms. The Morgan fingerprint density at radius 3 is 2.48 bits per heavy atom. The first-order valence-corrected chi connectivity index (χ1v) is 9.92. The molecule has 2 aromatic rings. The smallest absolute Gasteiger partial charge is 0.282 e. The van der Waals surface area contributed by atoms with E-state index in [0.717, 1.165) is 11.3 Å². The maximum Gasteiger partial charge on any atom is 0.282 e. The fraction of sp³-hybridized carbons (Fsp3) is 0.409. The van der Waals surface area contributed by atoms with Gasteiger partial charge >= 0.3 is 0 Å². The summed E-state index contributed by atoms with van der Waals surface area (Å²) in [6.07, 6.45) is 6.36. The molecule has 0 atom stereocenters. The maximum atomic E-state index is 12.5. The Kier molecular flexibility index (Phi) is 6.69. The Bertz CT molecular complexity index is 861. The number of nitro groups is 1. The number of nitrogens with one attached hydrogen (secondary N) is 1. The number of nitrogens with zero attached hydrogens (tertiary/aromatic N) is 2. The summed E-state index contributed by atoms with van der Waals surface area (Å²) in [6, 6.07) is 12.8. The third-order valence-electron chi connectivity index (χ3n) is 5.56. The van der Waals surface area contributed by atoms with Gasteiger partial charge < -0.3 is 15.0 Å². The van der Waals surface area contributed by atoms with Gasteiger partial charge in [0.2, 0.25) is 0 Å². The molecule has 1 fully saturated rings. The van der Waals surface area contributed by atoms with E-state index in [1.54, 1.807) is 0 Å². The summed E-state index contributed by atoms with van der Waals surface area (Å²) < 4.78 is 5.08. The second-order valence-corrected chi connectivity index (χ2v) is 7.39. The van der Waals surface area contributed by atoms with Gasteiger partial charge in [-0.2, -0.15) is 0 Å². The Morgan fingerprint density at radius 1 is 1.17 bits per heavy atom. The first-order chi connectivity index (χ1) is 14.0. The zero-order valence-electron chi connectivity index (χ0n) is 16.9. The molecule has 3 rings (SSSR count). The summed E-state index contributed by atoms with van der Waals surface area (Å²) in [5.74, 6) is -0.102. The molecule has 1 amide bonds. The molecular weight excluding hydrogens is 370 g/mol. The number of ether oxygens (including phenoxy) is 1. The molecule has 0 aromatic heterocycles. The lowest BCUT2D eigenvalue weighted by atomic mass is 9.94. The lowest BCUT2D eigenvalue weighted by Gasteiger charge is -2.33. The molecule has 2 aromatic carbocycles. The molecule has 154 valence electrons. The van der Waals surface area contributed by atoms with Crippen molar-refractivity contribution in [3.05, 3.63) is 63.7 Å². The van der Waals surface area contributed by atoms with E-state index >= 15 is 0 Å². The third kappa shape index (κ3) is 5.04. The molecule has 0 saturated heterocycles. The van der Waals surface area contributed by atoms with E-state index in [-0.39, 0.29) is 11.3 Å². The third-order valence-corrected chi connectivity index (χ3v) is 5.56. The van der Waals surface area contributed by atoms with E-state index in [4.69, 9.17) is 4.74 Å². The molecule has 1 N–H and O–H groups in total. The minimum Gasteiger partial charge on any atom is -0.497 e. The van der Waals surface area contributed by atoms with Crippen molar-refractivity contribution in [1.29, 1.82) is 0 Å². The minimum absolute atomic E-state index is 0.0111. The highest BCUT2D eigenvalue weighted by Crippen LogP contribution is 2.27. The van der Waals surface area contributed by atoms with Crippen molar-refractivity contribution >= 4 is 17.3 Å². The number of nitro benzene ring substituents is 1. The Hall–Kier alpha value is -3.09. The van der Waals surface area contributed by atoms with E-state index in [1.165, 1.54) is 57.4 Å². The average Bonchev–Trinajstić information content (AvgIpc) is 2.77. The van der Waals surface area contributed by atoms with Crippen molar-refractivity contribution in [2.75, 3.05) is 19.1 Å². The second kappa shape index (κ2) is 9.41. The van der Waals surface area contributed by atoms with Gasteiger partial charge in [-0.1, -0.05) is 31.4 Å². The first-order valence-electron chi connectivity index (χ1n) is 9.92. The number of hydrogen-bond donors (Lipinski definition) is 1. The lowest BCUT2D eigenvalue weighted by Crippen LogP contribution is -2.33. The molecule has 1 aliphatic carbocycles. The fourth-order valence-corrected chi connectivity index (χ4v) is 3.79. The van der Waals surface area contributed by atoms with Gasteiger partial charge in [-0.15, -0.1) is 0 Å². The Balaban J connectivity index is 1.64. The van der Waals surface area contributed by atoms with Crippen molar-refractivity contribution in [1.82, 2.24) is 5.32 Å². The summed E-state index contributed by atoms with van der Waals surface area (Å²) >= 11 is 0. The van der Waals surface area contributed by atoms with Crippen molar-refractivity contribution in [3.63, 3.8) is 0 Å². The van der Waals surface area contributed by atoms with Gasteiger partial charge in [-0.25, -0.2) is 0 Å². The largest absolute Gasteiger partial charge is 0.497 e. The van der Waals surface area contributed by atoms with Crippen LogP contribution in [0.15, 0.2) is 42.5 Å². The maximum absolute atomic E-state index is 12.5. The predicted octanol–water partition coefficient (Wildman–Crippen LogP) is 4.30. The number of hydrogen-bond acceptors (Lipinski definition) is 5. The monoisotopic (exact) mass is 397 g/mol. The Labute approximate surface area is 170 Å². The van der Waals surface area contributed by atoms with E-state index in [0.29, 0.717) is 18.3 Å². The summed E-state index contributed by atoms with van der Waals surface area (Å²) in [4.78, 5) is 25.5. The lowest BCUT2D eigenvalue weighted by molar-refractivity contribution is -0.385. The number of rotatable bonds is 7.